The number of nitrogens with zero attached hydrogens (tertiary/aromatic N) is 1. The van der Waals surface area contributed by atoms with Gasteiger partial charge in [0.15, 0.2) is 0 Å². The highest BCUT2D eigenvalue weighted by Crippen LogP contribution is 2.04. The largest absolute Gasteiger partial charge is 0.298 e. The van der Waals surface area contributed by atoms with Crippen LogP contribution in [0.1, 0.15) is 20.3 Å². The molecule has 1 heterocycles. The molecule has 0 saturated carbocycles. The molecule has 2 nitrogen and oxygen atoms in total. The van der Waals surface area contributed by atoms with Crippen LogP contribution in [0.4, 0.5) is 0 Å². The Balaban J connectivity index is 2.29. The summed E-state index contributed by atoms with van der Waals surface area (Å²) >= 11 is 0. The van der Waals surface area contributed by atoms with Crippen molar-refractivity contribution in [1.29, 1.82) is 0 Å². The predicted molar refractivity (Wildman–Crippen MR) is 45.5 cm³/mol. The molecule has 0 bridgehead atoms. The standard InChI is InChI=1S/C9H15NO/c1-8(2)3-5-10-6-4-9(11)7-10/h3H,4-7H2,1-2H3. The maximum Gasteiger partial charge on any atom is 0.148 e. The summed E-state index contributed by atoms with van der Waals surface area (Å²) < 4.78 is 0. The van der Waals surface area contributed by atoms with Crippen molar-refractivity contribution in [2.45, 2.75) is 20.3 Å². The molecule has 0 aromatic rings. The molecule has 0 radical (unpaired) electrons. The van der Waals surface area contributed by atoms with Gasteiger partial charge in [-0.2, -0.15) is 0 Å². The van der Waals surface area contributed by atoms with Gasteiger partial charge in [0.1, 0.15) is 5.78 Å². The zero-order chi connectivity index (χ0) is 8.27. The fourth-order valence-corrected chi connectivity index (χ4v) is 1.16. The number of hydrogen-bond acceptors (Lipinski definition) is 2. The lowest BCUT2D eigenvalue weighted by atomic mass is 10.3. The van der Waals surface area contributed by atoms with E-state index in [9.17, 15) is 4.79 Å². The molecule has 2 heteroatoms. The van der Waals surface area contributed by atoms with Gasteiger partial charge in [-0.25, -0.2) is 0 Å². The fraction of sp³-hybridized carbons (Fsp3) is 0.667. The monoisotopic (exact) mass is 153 g/mol. The third-order valence-corrected chi connectivity index (χ3v) is 1.86. The smallest absolute Gasteiger partial charge is 0.148 e. The molecule has 1 rings (SSSR count). The van der Waals surface area contributed by atoms with E-state index >= 15 is 0 Å². The van der Waals surface area contributed by atoms with E-state index in [2.05, 4.69) is 24.8 Å². The van der Waals surface area contributed by atoms with E-state index in [1.54, 1.807) is 0 Å². The molecule has 1 aliphatic rings. The van der Waals surface area contributed by atoms with Crippen molar-refractivity contribution in [2.75, 3.05) is 19.6 Å². The van der Waals surface area contributed by atoms with Crippen LogP contribution < -0.4 is 0 Å². The number of carbonyl (C=O) groups excluding carboxylic acids is 1. The number of hydrogen-bond donors (Lipinski definition) is 0. The van der Waals surface area contributed by atoms with Gasteiger partial charge in [-0.3, -0.25) is 9.69 Å². The van der Waals surface area contributed by atoms with E-state index in [-0.39, 0.29) is 0 Å². The van der Waals surface area contributed by atoms with Crippen molar-refractivity contribution in [3.63, 3.8) is 0 Å². The summed E-state index contributed by atoms with van der Waals surface area (Å²) in [5, 5.41) is 0. The average Bonchev–Trinajstić information content (AvgIpc) is 2.31. The van der Waals surface area contributed by atoms with Crippen LogP contribution in [0.15, 0.2) is 11.6 Å². The molecule has 0 amide bonds. The van der Waals surface area contributed by atoms with E-state index in [1.165, 1.54) is 5.57 Å². The summed E-state index contributed by atoms with van der Waals surface area (Å²) in [5.41, 5.74) is 1.32. The van der Waals surface area contributed by atoms with Gasteiger partial charge in [0, 0.05) is 19.5 Å². The fourth-order valence-electron chi connectivity index (χ4n) is 1.16. The maximum atomic E-state index is 10.8. The minimum atomic E-state index is 0.382. The molecule has 0 aliphatic carbocycles. The highest BCUT2D eigenvalue weighted by atomic mass is 16.1. The Bertz CT molecular complexity index is 180. The Kier molecular flexibility index (Phi) is 2.83. The number of carbonyl (C=O) groups is 1. The van der Waals surface area contributed by atoms with Crippen molar-refractivity contribution >= 4 is 5.78 Å². The first-order chi connectivity index (χ1) is 5.18. The van der Waals surface area contributed by atoms with E-state index in [0.29, 0.717) is 12.3 Å². The third kappa shape index (κ3) is 2.85. The zero-order valence-corrected chi connectivity index (χ0v) is 7.26. The molecule has 0 unspecified atom stereocenters. The molecule has 1 fully saturated rings. The SMILES string of the molecule is CC(C)=CCN1CCC(=O)C1. The molecular formula is C9H15NO. The Morgan fingerprint density at radius 3 is 2.82 bits per heavy atom. The average molecular weight is 153 g/mol. The van der Waals surface area contributed by atoms with Gasteiger partial charge in [0.2, 0.25) is 0 Å². The normalized spacial score (nSPS) is 18.9. The second-order valence-corrected chi connectivity index (χ2v) is 3.31. The lowest BCUT2D eigenvalue weighted by Crippen LogP contribution is -2.20. The first-order valence-electron chi connectivity index (χ1n) is 4.06. The summed E-state index contributed by atoms with van der Waals surface area (Å²) in [6, 6.07) is 0. The topological polar surface area (TPSA) is 20.3 Å². The summed E-state index contributed by atoms with van der Waals surface area (Å²) in [6.07, 6.45) is 2.91. The summed E-state index contributed by atoms with van der Waals surface area (Å²) in [6.45, 7) is 6.70. The minimum absolute atomic E-state index is 0.382. The second kappa shape index (κ2) is 3.67. The van der Waals surface area contributed by atoms with Crippen molar-refractivity contribution in [3.8, 4) is 0 Å². The van der Waals surface area contributed by atoms with Crippen LogP contribution in [0.25, 0.3) is 0 Å². The van der Waals surface area contributed by atoms with Crippen LogP contribution in [0.5, 0.6) is 0 Å². The predicted octanol–water partition coefficient (Wildman–Crippen LogP) is 1.23. The molecule has 0 aromatic carbocycles. The highest BCUT2D eigenvalue weighted by Gasteiger charge is 2.17. The van der Waals surface area contributed by atoms with E-state index in [1.807, 2.05) is 0 Å². The van der Waals surface area contributed by atoms with E-state index in [4.69, 9.17) is 0 Å². The quantitative estimate of drug-likeness (QED) is 0.556. The Morgan fingerprint density at radius 1 is 1.64 bits per heavy atom. The van der Waals surface area contributed by atoms with Gasteiger partial charge in [0.25, 0.3) is 0 Å². The molecule has 1 saturated heterocycles. The number of allylic oxidation sites excluding steroid dienone is 1. The third-order valence-electron chi connectivity index (χ3n) is 1.86. The number of ketones is 1. The molecule has 0 aromatic heterocycles. The summed E-state index contributed by atoms with van der Waals surface area (Å²) in [4.78, 5) is 13.0. The summed E-state index contributed by atoms with van der Waals surface area (Å²) in [7, 11) is 0. The van der Waals surface area contributed by atoms with Gasteiger partial charge in [-0.15, -0.1) is 0 Å². The summed E-state index contributed by atoms with van der Waals surface area (Å²) in [5.74, 6) is 0.382. The lowest BCUT2D eigenvalue weighted by molar-refractivity contribution is -0.116. The number of rotatable bonds is 2. The second-order valence-electron chi connectivity index (χ2n) is 3.31. The van der Waals surface area contributed by atoms with Crippen molar-refractivity contribution in [3.05, 3.63) is 11.6 Å². The van der Waals surface area contributed by atoms with Gasteiger partial charge in [-0.1, -0.05) is 11.6 Å². The van der Waals surface area contributed by atoms with Crippen molar-refractivity contribution < 1.29 is 4.79 Å². The van der Waals surface area contributed by atoms with Crippen LogP contribution >= 0.6 is 0 Å². The molecular weight excluding hydrogens is 138 g/mol. The molecule has 62 valence electrons. The number of Topliss-reactive ketones (excluding diaryl/α,β-unsaturated/α-hetero) is 1. The first-order valence-corrected chi connectivity index (χ1v) is 4.06. The Labute approximate surface area is 67.9 Å². The highest BCUT2D eigenvalue weighted by molar-refractivity contribution is 5.82. The first kappa shape index (κ1) is 8.47. The van der Waals surface area contributed by atoms with Crippen LogP contribution in [0.2, 0.25) is 0 Å². The van der Waals surface area contributed by atoms with Gasteiger partial charge in [-0.05, 0) is 13.8 Å². The van der Waals surface area contributed by atoms with E-state index < -0.39 is 0 Å². The van der Waals surface area contributed by atoms with Crippen molar-refractivity contribution in [1.82, 2.24) is 4.90 Å². The minimum Gasteiger partial charge on any atom is -0.298 e. The van der Waals surface area contributed by atoms with Gasteiger partial charge < -0.3 is 0 Å². The molecule has 0 atom stereocenters. The molecule has 1 aliphatic heterocycles. The zero-order valence-electron chi connectivity index (χ0n) is 7.26. The number of likely N-dealkylation sites (tertiary alicyclic amines) is 1. The van der Waals surface area contributed by atoms with Crippen LogP contribution in [-0.2, 0) is 4.79 Å². The maximum absolute atomic E-state index is 10.8. The van der Waals surface area contributed by atoms with Gasteiger partial charge >= 0.3 is 0 Å². The van der Waals surface area contributed by atoms with Gasteiger partial charge in [0.05, 0.1) is 6.54 Å². The Morgan fingerprint density at radius 2 is 2.36 bits per heavy atom. The lowest BCUT2D eigenvalue weighted by Gasteiger charge is -2.09. The van der Waals surface area contributed by atoms with Crippen LogP contribution in [0.3, 0.4) is 0 Å². The molecule has 0 N–H and O–H groups in total. The van der Waals surface area contributed by atoms with Crippen LogP contribution in [-0.4, -0.2) is 30.3 Å². The van der Waals surface area contributed by atoms with E-state index in [0.717, 1.165) is 19.5 Å². The Hall–Kier alpha value is -0.630. The molecule has 11 heavy (non-hydrogen) atoms. The molecule has 0 spiro atoms. The van der Waals surface area contributed by atoms with Crippen molar-refractivity contribution in [2.24, 2.45) is 0 Å². The van der Waals surface area contributed by atoms with Crippen LogP contribution in [0, 0.1) is 0 Å².